The summed E-state index contributed by atoms with van der Waals surface area (Å²) >= 11 is 1.87. The molecule has 0 spiro atoms. The summed E-state index contributed by atoms with van der Waals surface area (Å²) in [6.07, 6.45) is 0. The lowest BCUT2D eigenvalue weighted by atomic mass is 10.1. The molecular formula is C15H22N2S. The van der Waals surface area contributed by atoms with Crippen LogP contribution in [-0.4, -0.2) is 22.9 Å². The summed E-state index contributed by atoms with van der Waals surface area (Å²) in [7, 11) is 0. The summed E-state index contributed by atoms with van der Waals surface area (Å²) in [5.41, 5.74) is 2.67. The van der Waals surface area contributed by atoms with Gasteiger partial charge in [0.25, 0.3) is 0 Å². The highest BCUT2D eigenvalue weighted by atomic mass is 32.2. The number of nitrogens with one attached hydrogen (secondary N) is 1. The van der Waals surface area contributed by atoms with E-state index in [9.17, 15) is 0 Å². The lowest BCUT2D eigenvalue weighted by Crippen LogP contribution is -2.29. The lowest BCUT2D eigenvalue weighted by Gasteiger charge is -2.19. The minimum Gasteiger partial charge on any atom is -0.384 e. The van der Waals surface area contributed by atoms with Crippen LogP contribution in [0.3, 0.4) is 0 Å². The van der Waals surface area contributed by atoms with Gasteiger partial charge < -0.3 is 5.32 Å². The van der Waals surface area contributed by atoms with E-state index in [1.807, 2.05) is 11.9 Å². The van der Waals surface area contributed by atoms with Gasteiger partial charge in [0.15, 0.2) is 0 Å². The maximum absolute atomic E-state index is 3.59. The van der Waals surface area contributed by atoms with E-state index in [0.29, 0.717) is 12.1 Å². The molecule has 2 rings (SSSR count). The molecule has 1 heterocycles. The lowest BCUT2D eigenvalue weighted by molar-refractivity contribution is 0.421. The monoisotopic (exact) mass is 262 g/mol. The predicted octanol–water partition coefficient (Wildman–Crippen LogP) is 3.73. The zero-order valence-corrected chi connectivity index (χ0v) is 12.4. The van der Waals surface area contributed by atoms with E-state index < -0.39 is 0 Å². The second-order valence-electron chi connectivity index (χ2n) is 5.23. The molecule has 0 radical (unpaired) electrons. The van der Waals surface area contributed by atoms with Gasteiger partial charge in [-0.25, -0.2) is 4.31 Å². The van der Waals surface area contributed by atoms with Crippen molar-refractivity contribution in [1.82, 2.24) is 9.62 Å². The van der Waals surface area contributed by atoms with E-state index in [4.69, 9.17) is 0 Å². The minimum atomic E-state index is 0.478. The minimum absolute atomic E-state index is 0.478. The van der Waals surface area contributed by atoms with Gasteiger partial charge in [-0.1, -0.05) is 30.3 Å². The zero-order valence-electron chi connectivity index (χ0n) is 11.6. The summed E-state index contributed by atoms with van der Waals surface area (Å²) in [4.78, 5) is 1.37. The molecule has 18 heavy (non-hydrogen) atoms. The highest BCUT2D eigenvalue weighted by Crippen LogP contribution is 2.40. The van der Waals surface area contributed by atoms with Crippen LogP contribution in [0.1, 0.15) is 33.3 Å². The average molecular weight is 262 g/mol. The Hall–Kier alpha value is -0.930. The summed E-state index contributed by atoms with van der Waals surface area (Å²) in [5.74, 6) is 0. The molecule has 98 valence electrons. The third kappa shape index (κ3) is 3.09. The van der Waals surface area contributed by atoms with Crippen molar-refractivity contribution in [2.75, 3.05) is 6.54 Å². The van der Waals surface area contributed by atoms with E-state index in [2.05, 4.69) is 67.6 Å². The van der Waals surface area contributed by atoms with Crippen molar-refractivity contribution in [1.29, 1.82) is 0 Å². The highest BCUT2D eigenvalue weighted by molar-refractivity contribution is 8.06. The fraction of sp³-hybridized carbons (Fsp3) is 0.467. The fourth-order valence-corrected chi connectivity index (χ4v) is 3.11. The average Bonchev–Trinajstić information content (AvgIpc) is 2.73. The molecule has 2 nitrogen and oxygen atoms in total. The van der Waals surface area contributed by atoms with E-state index in [-0.39, 0.29) is 0 Å². The zero-order chi connectivity index (χ0) is 13.1. The van der Waals surface area contributed by atoms with E-state index >= 15 is 0 Å². The number of rotatable bonds is 4. The third-order valence-electron chi connectivity index (χ3n) is 2.87. The van der Waals surface area contributed by atoms with Crippen molar-refractivity contribution in [3.8, 4) is 0 Å². The molecule has 3 heteroatoms. The number of hydrogen-bond donors (Lipinski definition) is 1. The van der Waals surface area contributed by atoms with Gasteiger partial charge in [-0.05, 0) is 45.2 Å². The van der Waals surface area contributed by atoms with Crippen molar-refractivity contribution >= 4 is 16.9 Å². The Kier molecular flexibility index (Phi) is 4.36. The van der Waals surface area contributed by atoms with Crippen molar-refractivity contribution < 1.29 is 0 Å². The molecule has 1 aliphatic heterocycles. The van der Waals surface area contributed by atoms with E-state index in [1.54, 1.807) is 0 Å². The Morgan fingerprint density at radius 2 is 1.78 bits per heavy atom. The molecule has 0 fully saturated rings. The largest absolute Gasteiger partial charge is 0.384 e. The first-order chi connectivity index (χ1) is 8.58. The maximum atomic E-state index is 3.59. The Labute approximate surface area is 115 Å². The van der Waals surface area contributed by atoms with Crippen LogP contribution >= 0.6 is 11.9 Å². The van der Waals surface area contributed by atoms with Crippen molar-refractivity contribution in [2.24, 2.45) is 0 Å². The van der Waals surface area contributed by atoms with Crippen LogP contribution < -0.4 is 5.32 Å². The summed E-state index contributed by atoms with van der Waals surface area (Å²) in [6, 6.07) is 11.7. The molecule has 1 aromatic carbocycles. The second-order valence-corrected chi connectivity index (χ2v) is 6.29. The van der Waals surface area contributed by atoms with Crippen LogP contribution in [0.4, 0.5) is 0 Å². The Morgan fingerprint density at radius 3 is 2.33 bits per heavy atom. The van der Waals surface area contributed by atoms with Crippen LogP contribution in [0.25, 0.3) is 4.91 Å². The fourth-order valence-electron chi connectivity index (χ4n) is 2.00. The van der Waals surface area contributed by atoms with Gasteiger partial charge in [-0.3, -0.25) is 0 Å². The Morgan fingerprint density at radius 1 is 1.11 bits per heavy atom. The van der Waals surface area contributed by atoms with Gasteiger partial charge >= 0.3 is 0 Å². The molecular weight excluding hydrogens is 240 g/mol. The summed E-state index contributed by atoms with van der Waals surface area (Å²) in [6.45, 7) is 9.88. The molecule has 0 unspecified atom stereocenters. The van der Waals surface area contributed by atoms with Crippen LogP contribution in [0.15, 0.2) is 36.0 Å². The predicted molar refractivity (Wildman–Crippen MR) is 81.1 cm³/mol. The van der Waals surface area contributed by atoms with Crippen LogP contribution in [0, 0.1) is 0 Å². The molecule has 0 aliphatic carbocycles. The maximum Gasteiger partial charge on any atom is 0.0506 e. The van der Waals surface area contributed by atoms with Crippen molar-refractivity contribution in [3.63, 3.8) is 0 Å². The number of nitrogens with zero attached hydrogens (tertiary/aromatic N) is 1. The summed E-state index contributed by atoms with van der Waals surface area (Å²) < 4.78 is 2.42. The topological polar surface area (TPSA) is 15.3 Å². The van der Waals surface area contributed by atoms with Crippen LogP contribution in [-0.2, 0) is 0 Å². The molecule has 0 amide bonds. The van der Waals surface area contributed by atoms with Crippen molar-refractivity contribution in [2.45, 2.75) is 39.8 Å². The molecule has 1 aliphatic rings. The molecule has 1 aromatic rings. The standard InChI is InChI=1S/C15H22N2S/c1-11(2)16-14-10-17(12(3)4)18-15(14)13-8-6-5-7-9-13/h5-9,11-12,16H,10H2,1-4H3. The Balaban J connectivity index is 2.26. The molecule has 0 aromatic heterocycles. The van der Waals surface area contributed by atoms with Crippen LogP contribution in [0.5, 0.6) is 0 Å². The van der Waals surface area contributed by atoms with Crippen LogP contribution in [0.2, 0.25) is 0 Å². The first-order valence-corrected chi connectivity index (χ1v) is 7.35. The number of benzene rings is 1. The highest BCUT2D eigenvalue weighted by Gasteiger charge is 2.26. The van der Waals surface area contributed by atoms with Gasteiger partial charge in [-0.15, -0.1) is 0 Å². The third-order valence-corrected chi connectivity index (χ3v) is 4.32. The van der Waals surface area contributed by atoms with Gasteiger partial charge in [0, 0.05) is 17.8 Å². The second kappa shape index (κ2) is 5.81. The van der Waals surface area contributed by atoms with E-state index in [0.717, 1.165) is 6.54 Å². The first-order valence-electron chi connectivity index (χ1n) is 6.57. The first kappa shape index (κ1) is 13.5. The Bertz CT molecular complexity index is 423. The van der Waals surface area contributed by atoms with Gasteiger partial charge in [-0.2, -0.15) is 0 Å². The van der Waals surface area contributed by atoms with Gasteiger partial charge in [0.05, 0.1) is 11.4 Å². The molecule has 0 bridgehead atoms. The summed E-state index contributed by atoms with van der Waals surface area (Å²) in [5, 5.41) is 3.59. The quantitative estimate of drug-likeness (QED) is 0.832. The van der Waals surface area contributed by atoms with E-state index in [1.165, 1.54) is 16.2 Å². The SMILES string of the molecule is CC(C)NC1=C(c2ccccc2)SN(C(C)C)C1. The number of hydrogen-bond acceptors (Lipinski definition) is 3. The normalized spacial score (nSPS) is 17.0. The molecule has 0 saturated carbocycles. The smallest absolute Gasteiger partial charge is 0.0506 e. The molecule has 0 saturated heterocycles. The van der Waals surface area contributed by atoms with Crippen molar-refractivity contribution in [3.05, 3.63) is 41.6 Å². The van der Waals surface area contributed by atoms with Gasteiger partial charge in [0.1, 0.15) is 0 Å². The molecule has 0 atom stereocenters. The van der Waals surface area contributed by atoms with Gasteiger partial charge in [0.2, 0.25) is 0 Å². The molecule has 1 N–H and O–H groups in total.